The molecule has 0 saturated carbocycles. The number of hydrogen-bond donors (Lipinski definition) is 2. The molecule has 106 valence electrons. The van der Waals surface area contributed by atoms with Crippen LogP contribution >= 0.6 is 0 Å². The average Bonchev–Trinajstić information content (AvgIpc) is 2.26. The molecule has 0 aromatic heterocycles. The summed E-state index contributed by atoms with van der Waals surface area (Å²) < 4.78 is 36.8. The van der Waals surface area contributed by atoms with Gasteiger partial charge in [-0.25, -0.2) is 0 Å². The number of halogens is 3. The summed E-state index contributed by atoms with van der Waals surface area (Å²) in [6.07, 6.45) is -4.32. The van der Waals surface area contributed by atoms with Crippen molar-refractivity contribution in [2.24, 2.45) is 0 Å². The topological polar surface area (TPSA) is 60.8 Å². The number of piperidine rings is 1. The summed E-state index contributed by atoms with van der Waals surface area (Å²) in [4.78, 5) is 12.0. The molecule has 1 aliphatic heterocycles. The Morgan fingerprint density at radius 3 is 2.61 bits per heavy atom. The van der Waals surface area contributed by atoms with Crippen LogP contribution in [0.1, 0.15) is 32.1 Å². The van der Waals surface area contributed by atoms with Gasteiger partial charge >= 0.3 is 12.1 Å². The SMILES string of the molecule is O=C(O)CCC1CCCCN1CC(O)C(F)(F)F. The molecule has 0 radical (unpaired) electrons. The highest BCUT2D eigenvalue weighted by molar-refractivity contribution is 5.66. The molecule has 0 aromatic rings. The van der Waals surface area contributed by atoms with Crippen molar-refractivity contribution < 1.29 is 28.2 Å². The molecule has 0 aliphatic carbocycles. The predicted octanol–water partition coefficient (Wildman–Crippen LogP) is 1.63. The van der Waals surface area contributed by atoms with Gasteiger partial charge in [-0.3, -0.25) is 9.69 Å². The Balaban J connectivity index is 2.51. The minimum absolute atomic E-state index is 0.0523. The van der Waals surface area contributed by atoms with Crippen molar-refractivity contribution in [3.05, 3.63) is 0 Å². The number of β-amino-alcohol motifs (C(OH)–C–C–N with tert-alkyl or cyclic N) is 1. The molecule has 2 unspecified atom stereocenters. The van der Waals surface area contributed by atoms with Gasteiger partial charge in [-0.15, -0.1) is 0 Å². The molecule has 0 aromatic carbocycles. The fourth-order valence-corrected chi connectivity index (χ4v) is 2.24. The summed E-state index contributed by atoms with van der Waals surface area (Å²) in [6, 6.07) is -0.174. The van der Waals surface area contributed by atoms with Gasteiger partial charge in [-0.05, 0) is 25.8 Å². The molecule has 0 bridgehead atoms. The Kier molecular flexibility index (Phi) is 5.40. The first-order valence-electron chi connectivity index (χ1n) is 6.01. The van der Waals surface area contributed by atoms with E-state index in [-0.39, 0.29) is 12.5 Å². The molecule has 1 rings (SSSR count). The van der Waals surface area contributed by atoms with Crippen molar-refractivity contribution in [1.82, 2.24) is 4.90 Å². The fourth-order valence-electron chi connectivity index (χ4n) is 2.24. The summed E-state index contributed by atoms with van der Waals surface area (Å²) in [5.74, 6) is -0.947. The molecule has 2 atom stereocenters. The van der Waals surface area contributed by atoms with Gasteiger partial charge in [0.05, 0.1) is 0 Å². The summed E-state index contributed by atoms with van der Waals surface area (Å²) in [6.45, 7) is 0.0191. The third kappa shape index (κ3) is 4.81. The highest BCUT2D eigenvalue weighted by atomic mass is 19.4. The van der Waals surface area contributed by atoms with Crippen LogP contribution in [0.25, 0.3) is 0 Å². The van der Waals surface area contributed by atoms with E-state index in [1.165, 1.54) is 0 Å². The number of carboxylic acid groups (broad SMARTS) is 1. The first kappa shape index (κ1) is 15.2. The standard InChI is InChI=1S/C11H18F3NO3/c12-11(13,14)9(16)7-15-6-2-1-3-8(15)4-5-10(17)18/h8-9,16H,1-7H2,(H,17,18). The average molecular weight is 269 g/mol. The van der Waals surface area contributed by atoms with E-state index in [1.807, 2.05) is 0 Å². The summed E-state index contributed by atoms with van der Waals surface area (Å²) >= 11 is 0. The van der Waals surface area contributed by atoms with Gasteiger partial charge in [0.1, 0.15) is 0 Å². The molecule has 1 heterocycles. The maximum atomic E-state index is 12.3. The molecular weight excluding hydrogens is 251 g/mol. The van der Waals surface area contributed by atoms with Gasteiger partial charge in [-0.1, -0.05) is 6.42 Å². The Morgan fingerprint density at radius 1 is 1.39 bits per heavy atom. The molecule has 7 heteroatoms. The smallest absolute Gasteiger partial charge is 0.415 e. The van der Waals surface area contributed by atoms with E-state index in [9.17, 15) is 18.0 Å². The fraction of sp³-hybridized carbons (Fsp3) is 0.909. The normalized spacial score (nSPS) is 23.9. The lowest BCUT2D eigenvalue weighted by molar-refractivity contribution is -0.210. The van der Waals surface area contributed by atoms with Crippen molar-refractivity contribution in [3.8, 4) is 0 Å². The zero-order chi connectivity index (χ0) is 13.8. The Labute approximate surface area is 103 Å². The zero-order valence-corrected chi connectivity index (χ0v) is 9.99. The number of carboxylic acids is 1. The second kappa shape index (κ2) is 6.38. The van der Waals surface area contributed by atoms with Crippen LogP contribution in [0.5, 0.6) is 0 Å². The van der Waals surface area contributed by atoms with E-state index in [0.717, 1.165) is 12.8 Å². The predicted molar refractivity (Wildman–Crippen MR) is 58.1 cm³/mol. The van der Waals surface area contributed by atoms with Crippen molar-refractivity contribution in [1.29, 1.82) is 0 Å². The van der Waals surface area contributed by atoms with Crippen molar-refractivity contribution in [3.63, 3.8) is 0 Å². The molecule has 0 amide bonds. The highest BCUT2D eigenvalue weighted by Gasteiger charge is 2.40. The first-order valence-corrected chi connectivity index (χ1v) is 6.01. The molecule has 1 saturated heterocycles. The lowest BCUT2D eigenvalue weighted by Crippen LogP contribution is -2.47. The van der Waals surface area contributed by atoms with E-state index in [4.69, 9.17) is 10.2 Å². The van der Waals surface area contributed by atoms with E-state index >= 15 is 0 Å². The van der Waals surface area contributed by atoms with E-state index in [0.29, 0.717) is 19.4 Å². The largest absolute Gasteiger partial charge is 0.481 e. The third-order valence-electron chi connectivity index (χ3n) is 3.23. The Hall–Kier alpha value is -0.820. The van der Waals surface area contributed by atoms with Gasteiger partial charge in [0.15, 0.2) is 6.10 Å². The number of nitrogens with zero attached hydrogens (tertiary/aromatic N) is 1. The quantitative estimate of drug-likeness (QED) is 0.796. The first-order chi connectivity index (χ1) is 8.30. The van der Waals surface area contributed by atoms with Gasteiger partial charge in [0, 0.05) is 19.0 Å². The van der Waals surface area contributed by atoms with Crippen molar-refractivity contribution >= 4 is 5.97 Å². The van der Waals surface area contributed by atoms with Gasteiger partial charge < -0.3 is 10.2 Å². The number of aliphatic carboxylic acids is 1. The monoisotopic (exact) mass is 269 g/mol. The molecule has 0 spiro atoms. The number of aliphatic hydroxyl groups excluding tert-OH is 1. The molecule has 1 fully saturated rings. The molecule has 2 N–H and O–H groups in total. The van der Waals surface area contributed by atoms with E-state index in [1.54, 1.807) is 4.90 Å². The van der Waals surface area contributed by atoms with Gasteiger partial charge in [0.25, 0.3) is 0 Å². The minimum atomic E-state index is -4.62. The number of alkyl halides is 3. The summed E-state index contributed by atoms with van der Waals surface area (Å²) in [7, 11) is 0. The second-order valence-electron chi connectivity index (χ2n) is 4.63. The Morgan fingerprint density at radius 2 is 2.06 bits per heavy atom. The number of aliphatic hydroxyl groups is 1. The van der Waals surface area contributed by atoms with Crippen LogP contribution in [0.4, 0.5) is 13.2 Å². The van der Waals surface area contributed by atoms with Crippen LogP contribution in [0.15, 0.2) is 0 Å². The van der Waals surface area contributed by atoms with Gasteiger partial charge in [0.2, 0.25) is 0 Å². The van der Waals surface area contributed by atoms with Crippen LogP contribution in [0.3, 0.4) is 0 Å². The zero-order valence-electron chi connectivity index (χ0n) is 9.99. The number of carbonyl (C=O) groups is 1. The number of hydrogen-bond acceptors (Lipinski definition) is 3. The third-order valence-corrected chi connectivity index (χ3v) is 3.23. The van der Waals surface area contributed by atoms with Crippen molar-refractivity contribution in [2.75, 3.05) is 13.1 Å². The van der Waals surface area contributed by atoms with E-state index < -0.39 is 24.8 Å². The summed E-state index contributed by atoms with van der Waals surface area (Å²) in [5.41, 5.74) is 0. The summed E-state index contributed by atoms with van der Waals surface area (Å²) in [5, 5.41) is 17.6. The molecule has 4 nitrogen and oxygen atoms in total. The Bertz CT molecular complexity index is 283. The van der Waals surface area contributed by atoms with Crippen molar-refractivity contribution in [2.45, 2.75) is 50.4 Å². The second-order valence-corrected chi connectivity index (χ2v) is 4.63. The van der Waals surface area contributed by atoms with Crippen LogP contribution in [0, 0.1) is 0 Å². The lowest BCUT2D eigenvalue weighted by atomic mass is 9.97. The minimum Gasteiger partial charge on any atom is -0.481 e. The number of rotatable bonds is 5. The molecule has 18 heavy (non-hydrogen) atoms. The molecular formula is C11H18F3NO3. The van der Waals surface area contributed by atoms with E-state index in [2.05, 4.69) is 0 Å². The van der Waals surface area contributed by atoms with Crippen LogP contribution in [0.2, 0.25) is 0 Å². The van der Waals surface area contributed by atoms with Crippen LogP contribution < -0.4 is 0 Å². The highest BCUT2D eigenvalue weighted by Crippen LogP contribution is 2.25. The lowest BCUT2D eigenvalue weighted by Gasteiger charge is -2.37. The van der Waals surface area contributed by atoms with Gasteiger partial charge in [-0.2, -0.15) is 13.2 Å². The van der Waals surface area contributed by atoms with Crippen LogP contribution in [-0.2, 0) is 4.79 Å². The maximum Gasteiger partial charge on any atom is 0.415 e. The number of likely N-dealkylation sites (tertiary alicyclic amines) is 1. The maximum absolute atomic E-state index is 12.3. The van der Waals surface area contributed by atoms with Crippen LogP contribution in [-0.4, -0.2) is 52.5 Å². The molecule has 1 aliphatic rings.